The van der Waals surface area contributed by atoms with E-state index in [2.05, 4.69) is 12.1 Å². The Hall–Kier alpha value is -1.84. The molecule has 0 unspecified atom stereocenters. The van der Waals surface area contributed by atoms with Gasteiger partial charge in [-0.25, -0.2) is 0 Å². The maximum absolute atomic E-state index is 12.2. The molecule has 1 fully saturated rings. The van der Waals surface area contributed by atoms with Crippen LogP contribution >= 0.6 is 0 Å². The molecule has 0 bridgehead atoms. The highest BCUT2D eigenvalue weighted by Crippen LogP contribution is 2.36. The first-order valence-corrected chi connectivity index (χ1v) is 8.51. The van der Waals surface area contributed by atoms with Crippen molar-refractivity contribution >= 4 is 11.9 Å². The molecule has 4 nitrogen and oxygen atoms in total. The second kappa shape index (κ2) is 7.62. The lowest BCUT2D eigenvalue weighted by Crippen LogP contribution is -2.51. The standard InChI is InChI=1S/C19H27NO3/c1-15(2)17(21)20-13-7-12-19(14-20,18(22)23)11-6-10-16-8-4-3-5-9-16/h3-5,8-9,15H,6-7,10-14H2,1-2H3,(H,22,23)/t19-/m0/s1. The first-order valence-electron chi connectivity index (χ1n) is 8.51. The lowest BCUT2D eigenvalue weighted by Gasteiger charge is -2.40. The van der Waals surface area contributed by atoms with Crippen molar-refractivity contribution in [1.29, 1.82) is 0 Å². The Labute approximate surface area is 138 Å². The number of carboxylic acid groups (broad SMARTS) is 1. The van der Waals surface area contributed by atoms with Crippen LogP contribution in [-0.2, 0) is 16.0 Å². The number of benzene rings is 1. The minimum absolute atomic E-state index is 0.0679. The van der Waals surface area contributed by atoms with Gasteiger partial charge in [0.2, 0.25) is 5.91 Å². The zero-order valence-electron chi connectivity index (χ0n) is 14.1. The van der Waals surface area contributed by atoms with Gasteiger partial charge in [0.25, 0.3) is 0 Å². The number of carboxylic acids is 1. The minimum Gasteiger partial charge on any atom is -0.481 e. The summed E-state index contributed by atoms with van der Waals surface area (Å²) in [4.78, 5) is 25.9. The summed E-state index contributed by atoms with van der Waals surface area (Å²) in [6.07, 6.45) is 3.78. The largest absolute Gasteiger partial charge is 0.481 e. The monoisotopic (exact) mass is 317 g/mol. The summed E-state index contributed by atoms with van der Waals surface area (Å²) in [6.45, 7) is 4.78. The fraction of sp³-hybridized carbons (Fsp3) is 0.579. The van der Waals surface area contributed by atoms with Crippen molar-refractivity contribution in [3.05, 3.63) is 35.9 Å². The molecule has 2 rings (SSSR count). The van der Waals surface area contributed by atoms with Gasteiger partial charge in [-0.3, -0.25) is 9.59 Å². The third-order valence-electron chi connectivity index (χ3n) is 4.80. The molecule has 23 heavy (non-hydrogen) atoms. The Morgan fingerprint density at radius 2 is 1.96 bits per heavy atom. The van der Waals surface area contributed by atoms with Crippen LogP contribution in [0.3, 0.4) is 0 Å². The normalized spacial score (nSPS) is 21.4. The van der Waals surface area contributed by atoms with Crippen LogP contribution in [0.25, 0.3) is 0 Å². The van der Waals surface area contributed by atoms with Gasteiger partial charge in [-0.05, 0) is 37.7 Å². The smallest absolute Gasteiger partial charge is 0.311 e. The number of aliphatic carboxylic acids is 1. The number of hydrogen-bond donors (Lipinski definition) is 1. The van der Waals surface area contributed by atoms with Crippen LogP contribution in [0.5, 0.6) is 0 Å². The third-order valence-corrected chi connectivity index (χ3v) is 4.80. The highest BCUT2D eigenvalue weighted by molar-refractivity contribution is 5.80. The lowest BCUT2D eigenvalue weighted by atomic mass is 9.75. The molecule has 1 saturated heterocycles. The van der Waals surface area contributed by atoms with Gasteiger partial charge >= 0.3 is 5.97 Å². The first kappa shape index (κ1) is 17.5. The van der Waals surface area contributed by atoms with E-state index in [1.54, 1.807) is 4.90 Å². The van der Waals surface area contributed by atoms with Crippen LogP contribution in [-0.4, -0.2) is 35.0 Å². The Balaban J connectivity index is 2.01. The van der Waals surface area contributed by atoms with E-state index in [0.29, 0.717) is 25.9 Å². The van der Waals surface area contributed by atoms with Gasteiger partial charge in [0.15, 0.2) is 0 Å². The molecule has 0 radical (unpaired) electrons. The Kier molecular flexibility index (Phi) is 5.80. The van der Waals surface area contributed by atoms with Crippen molar-refractivity contribution in [1.82, 2.24) is 4.90 Å². The van der Waals surface area contributed by atoms with Gasteiger partial charge in [0, 0.05) is 19.0 Å². The number of rotatable bonds is 6. The van der Waals surface area contributed by atoms with Gasteiger partial charge in [-0.2, -0.15) is 0 Å². The van der Waals surface area contributed by atoms with Crippen LogP contribution < -0.4 is 0 Å². The van der Waals surface area contributed by atoms with Gasteiger partial charge in [-0.15, -0.1) is 0 Å². The maximum Gasteiger partial charge on any atom is 0.311 e. The van der Waals surface area contributed by atoms with Gasteiger partial charge in [-0.1, -0.05) is 44.2 Å². The molecule has 1 aliphatic rings. The van der Waals surface area contributed by atoms with Crippen molar-refractivity contribution in [2.45, 2.75) is 46.0 Å². The fourth-order valence-corrected chi connectivity index (χ4v) is 3.45. The predicted molar refractivity (Wildman–Crippen MR) is 90.1 cm³/mol. The molecule has 1 heterocycles. The van der Waals surface area contributed by atoms with Gasteiger partial charge < -0.3 is 10.0 Å². The zero-order valence-corrected chi connectivity index (χ0v) is 14.1. The number of carbonyl (C=O) groups excluding carboxylic acids is 1. The number of piperidine rings is 1. The van der Waals surface area contributed by atoms with E-state index in [9.17, 15) is 14.7 Å². The minimum atomic E-state index is -0.780. The van der Waals surface area contributed by atoms with Crippen LogP contribution in [0.1, 0.15) is 45.1 Å². The highest BCUT2D eigenvalue weighted by atomic mass is 16.4. The van der Waals surface area contributed by atoms with Gasteiger partial charge in [0.1, 0.15) is 0 Å². The summed E-state index contributed by atoms with van der Waals surface area (Å²) in [5.74, 6) is -0.769. The number of amides is 1. The topological polar surface area (TPSA) is 57.6 Å². The van der Waals surface area contributed by atoms with Crippen LogP contribution in [0.2, 0.25) is 0 Å². The van der Waals surface area contributed by atoms with E-state index in [1.165, 1.54) is 5.56 Å². The Morgan fingerprint density at radius 1 is 1.26 bits per heavy atom. The van der Waals surface area contributed by atoms with E-state index in [-0.39, 0.29) is 11.8 Å². The summed E-state index contributed by atoms with van der Waals surface area (Å²) in [5.41, 5.74) is 0.455. The van der Waals surface area contributed by atoms with Crippen LogP contribution in [0.15, 0.2) is 30.3 Å². The highest BCUT2D eigenvalue weighted by Gasteiger charge is 2.43. The summed E-state index contributed by atoms with van der Waals surface area (Å²) in [7, 11) is 0. The van der Waals surface area contributed by atoms with Crippen LogP contribution in [0.4, 0.5) is 0 Å². The molecule has 0 spiro atoms. The lowest BCUT2D eigenvalue weighted by molar-refractivity contribution is -0.156. The molecule has 1 aliphatic heterocycles. The first-order chi connectivity index (χ1) is 10.9. The van der Waals surface area contributed by atoms with Crippen LogP contribution in [0, 0.1) is 11.3 Å². The van der Waals surface area contributed by atoms with Crippen molar-refractivity contribution in [3.8, 4) is 0 Å². The molecule has 0 saturated carbocycles. The van der Waals surface area contributed by atoms with E-state index in [4.69, 9.17) is 0 Å². The maximum atomic E-state index is 12.2. The van der Waals surface area contributed by atoms with Crippen molar-refractivity contribution < 1.29 is 14.7 Å². The molecule has 1 amide bonds. The molecule has 1 atom stereocenters. The average molecular weight is 317 g/mol. The SMILES string of the molecule is CC(C)C(=O)N1CCC[C@](CCCc2ccccc2)(C(=O)O)C1. The molecule has 1 aromatic rings. The molecule has 1 N–H and O–H groups in total. The fourth-order valence-electron chi connectivity index (χ4n) is 3.45. The molecular formula is C19H27NO3. The average Bonchev–Trinajstić information content (AvgIpc) is 2.55. The molecule has 4 heteroatoms. The predicted octanol–water partition coefficient (Wildman–Crippen LogP) is 3.36. The summed E-state index contributed by atoms with van der Waals surface area (Å²) >= 11 is 0. The number of likely N-dealkylation sites (tertiary alicyclic amines) is 1. The number of carbonyl (C=O) groups is 2. The van der Waals surface area contributed by atoms with Crippen molar-refractivity contribution in [3.63, 3.8) is 0 Å². The zero-order chi connectivity index (χ0) is 16.9. The summed E-state index contributed by atoms with van der Waals surface area (Å²) in [5, 5.41) is 9.79. The second-order valence-electron chi connectivity index (χ2n) is 6.94. The molecule has 126 valence electrons. The van der Waals surface area contributed by atoms with Crippen molar-refractivity contribution in [2.75, 3.05) is 13.1 Å². The molecule has 0 aliphatic carbocycles. The number of hydrogen-bond acceptors (Lipinski definition) is 2. The number of nitrogens with zero attached hydrogens (tertiary/aromatic N) is 1. The summed E-state index contributed by atoms with van der Waals surface area (Å²) < 4.78 is 0. The molecule has 0 aromatic heterocycles. The van der Waals surface area contributed by atoms with E-state index in [1.807, 2.05) is 32.0 Å². The molecular weight excluding hydrogens is 290 g/mol. The number of aryl methyl sites for hydroxylation is 1. The van der Waals surface area contributed by atoms with Gasteiger partial charge in [0.05, 0.1) is 5.41 Å². The van der Waals surface area contributed by atoms with E-state index < -0.39 is 11.4 Å². The van der Waals surface area contributed by atoms with E-state index >= 15 is 0 Å². The van der Waals surface area contributed by atoms with Crippen molar-refractivity contribution in [2.24, 2.45) is 11.3 Å². The Morgan fingerprint density at radius 3 is 2.57 bits per heavy atom. The summed E-state index contributed by atoms with van der Waals surface area (Å²) in [6, 6.07) is 10.1. The quantitative estimate of drug-likeness (QED) is 0.875. The van der Waals surface area contributed by atoms with E-state index in [0.717, 1.165) is 19.3 Å². The third kappa shape index (κ3) is 4.34. The second-order valence-corrected chi connectivity index (χ2v) is 6.94. The molecule has 1 aromatic carbocycles. The Bertz CT molecular complexity index is 541.